The molecule has 0 radical (unpaired) electrons. The lowest BCUT2D eigenvalue weighted by atomic mass is 10.2. The quantitative estimate of drug-likeness (QED) is 0.773. The van der Waals surface area contributed by atoms with Gasteiger partial charge in [0, 0.05) is 37.0 Å². The monoisotopic (exact) mass is 363 g/mol. The summed E-state index contributed by atoms with van der Waals surface area (Å²) in [5.41, 5.74) is 6.27. The van der Waals surface area contributed by atoms with E-state index in [1.807, 2.05) is 0 Å². The van der Waals surface area contributed by atoms with Crippen LogP contribution < -0.4 is 15.8 Å². The van der Waals surface area contributed by atoms with Gasteiger partial charge in [-0.15, -0.1) is 0 Å². The third-order valence-electron chi connectivity index (χ3n) is 3.28. The lowest BCUT2D eigenvalue weighted by molar-refractivity contribution is -0.121. The molecule has 1 atom stereocenters. The van der Waals surface area contributed by atoms with E-state index in [9.17, 15) is 13.2 Å². The molecule has 1 heterocycles. The minimum atomic E-state index is -3.33. The fourth-order valence-corrected chi connectivity index (χ4v) is 2.74. The fraction of sp³-hybridized carbons (Fsp3) is 0.294. The lowest BCUT2D eigenvalue weighted by Crippen LogP contribution is -2.29. The van der Waals surface area contributed by atoms with Gasteiger partial charge in [-0.25, -0.2) is 13.4 Å². The van der Waals surface area contributed by atoms with Crippen LogP contribution in [-0.4, -0.2) is 31.6 Å². The van der Waals surface area contributed by atoms with Gasteiger partial charge in [-0.2, -0.15) is 0 Å². The average molecular weight is 363 g/mol. The zero-order valence-electron chi connectivity index (χ0n) is 14.1. The molecule has 0 aliphatic rings. The van der Waals surface area contributed by atoms with Crippen molar-refractivity contribution in [2.45, 2.75) is 30.8 Å². The van der Waals surface area contributed by atoms with Crippen molar-refractivity contribution in [2.24, 2.45) is 5.73 Å². The van der Waals surface area contributed by atoms with Crippen molar-refractivity contribution in [3.63, 3.8) is 0 Å². The van der Waals surface area contributed by atoms with Crippen LogP contribution in [0.4, 0.5) is 0 Å². The molecule has 8 heteroatoms. The molecule has 0 aliphatic carbocycles. The molecule has 3 N–H and O–H groups in total. The van der Waals surface area contributed by atoms with Crippen LogP contribution in [0.25, 0.3) is 0 Å². The van der Waals surface area contributed by atoms with Crippen LogP contribution in [0, 0.1) is 0 Å². The summed E-state index contributed by atoms with van der Waals surface area (Å²) < 4.78 is 29.0. The molecule has 2 rings (SSSR count). The number of benzene rings is 1. The number of aromatic nitrogens is 1. The highest BCUT2D eigenvalue weighted by molar-refractivity contribution is 7.90. The number of hydrogen-bond acceptors (Lipinski definition) is 6. The van der Waals surface area contributed by atoms with Gasteiger partial charge in [0.2, 0.25) is 11.8 Å². The van der Waals surface area contributed by atoms with Crippen LogP contribution in [0.2, 0.25) is 0 Å². The Kier molecular flexibility index (Phi) is 6.11. The highest BCUT2D eigenvalue weighted by Crippen LogP contribution is 2.25. The Bertz CT molecular complexity index is 850. The van der Waals surface area contributed by atoms with Gasteiger partial charge in [0.05, 0.1) is 4.90 Å². The molecule has 0 saturated heterocycles. The Morgan fingerprint density at radius 2 is 2.08 bits per heavy atom. The molecule has 1 aromatic heterocycles. The number of nitrogens with one attached hydrogen (secondary N) is 1. The second-order valence-corrected chi connectivity index (χ2v) is 7.79. The standard InChI is InChI=1S/C17H21N3O4S/c1-12(18)9-16(21)20-11-13-5-4-8-19-17(13)24-14-6-3-7-15(10-14)25(2,22)23/h3-8,10,12H,9,11,18H2,1-2H3,(H,20,21). The number of carbonyl (C=O) groups is 1. The SMILES string of the molecule is CC(N)CC(=O)NCc1cccnc1Oc1cccc(S(C)(=O)=O)c1. The molecule has 0 saturated carbocycles. The van der Waals surface area contributed by atoms with E-state index in [1.54, 1.807) is 37.4 Å². The smallest absolute Gasteiger partial charge is 0.224 e. The first-order valence-electron chi connectivity index (χ1n) is 7.70. The Balaban J connectivity index is 2.14. The largest absolute Gasteiger partial charge is 0.439 e. The number of nitrogens with two attached hydrogens (primary N) is 1. The van der Waals surface area contributed by atoms with Crippen LogP contribution in [0.15, 0.2) is 47.5 Å². The number of sulfone groups is 1. The maximum atomic E-state index is 11.7. The lowest BCUT2D eigenvalue weighted by Gasteiger charge is -2.12. The summed E-state index contributed by atoms with van der Waals surface area (Å²) in [7, 11) is -3.33. The Morgan fingerprint density at radius 3 is 2.76 bits per heavy atom. The molecule has 0 spiro atoms. The second-order valence-electron chi connectivity index (χ2n) is 5.77. The van der Waals surface area contributed by atoms with Gasteiger partial charge in [-0.05, 0) is 31.2 Å². The molecule has 0 aliphatic heterocycles. The van der Waals surface area contributed by atoms with Gasteiger partial charge in [0.1, 0.15) is 5.75 Å². The normalized spacial score (nSPS) is 12.4. The predicted molar refractivity (Wildman–Crippen MR) is 94.0 cm³/mol. The van der Waals surface area contributed by atoms with E-state index in [-0.39, 0.29) is 29.8 Å². The first-order valence-corrected chi connectivity index (χ1v) is 9.59. The molecular weight excluding hydrogens is 342 g/mol. The van der Waals surface area contributed by atoms with Crippen LogP contribution in [-0.2, 0) is 21.2 Å². The van der Waals surface area contributed by atoms with Gasteiger partial charge in [0.15, 0.2) is 9.84 Å². The minimum Gasteiger partial charge on any atom is -0.439 e. The van der Waals surface area contributed by atoms with E-state index in [1.165, 1.54) is 12.1 Å². The van der Waals surface area contributed by atoms with Crippen molar-refractivity contribution in [1.29, 1.82) is 0 Å². The average Bonchev–Trinajstić information content (AvgIpc) is 2.53. The summed E-state index contributed by atoms with van der Waals surface area (Å²) >= 11 is 0. The molecule has 1 aromatic carbocycles. The number of pyridine rings is 1. The van der Waals surface area contributed by atoms with Gasteiger partial charge in [-0.1, -0.05) is 12.1 Å². The Labute approximate surface area is 147 Å². The zero-order valence-corrected chi connectivity index (χ0v) is 14.9. The Morgan fingerprint density at radius 1 is 1.32 bits per heavy atom. The number of carbonyl (C=O) groups excluding carboxylic acids is 1. The summed E-state index contributed by atoms with van der Waals surface area (Å²) in [6, 6.07) is 9.45. The molecule has 0 fully saturated rings. The number of rotatable bonds is 7. The summed E-state index contributed by atoms with van der Waals surface area (Å²) in [5.74, 6) is 0.489. The molecule has 134 valence electrons. The van der Waals surface area contributed by atoms with Gasteiger partial charge in [-0.3, -0.25) is 4.79 Å². The summed E-state index contributed by atoms with van der Waals surface area (Å²) in [4.78, 5) is 16.0. The summed E-state index contributed by atoms with van der Waals surface area (Å²) in [6.07, 6.45) is 2.92. The van der Waals surface area contributed by atoms with Crippen LogP contribution >= 0.6 is 0 Å². The van der Waals surface area contributed by atoms with Crippen LogP contribution in [0.5, 0.6) is 11.6 Å². The third kappa shape index (κ3) is 5.84. The third-order valence-corrected chi connectivity index (χ3v) is 4.39. The van der Waals surface area contributed by atoms with E-state index in [2.05, 4.69) is 10.3 Å². The van der Waals surface area contributed by atoms with Crippen molar-refractivity contribution in [3.8, 4) is 11.6 Å². The van der Waals surface area contributed by atoms with Crippen molar-refractivity contribution >= 4 is 15.7 Å². The van der Waals surface area contributed by atoms with E-state index in [4.69, 9.17) is 10.5 Å². The molecule has 7 nitrogen and oxygen atoms in total. The van der Waals surface area contributed by atoms with E-state index in [0.717, 1.165) is 6.26 Å². The minimum absolute atomic E-state index is 0.160. The number of amides is 1. The molecule has 25 heavy (non-hydrogen) atoms. The topological polar surface area (TPSA) is 111 Å². The molecule has 1 unspecified atom stereocenters. The van der Waals surface area contributed by atoms with Crippen molar-refractivity contribution in [1.82, 2.24) is 10.3 Å². The van der Waals surface area contributed by atoms with Crippen molar-refractivity contribution in [2.75, 3.05) is 6.26 Å². The first kappa shape index (κ1) is 18.9. The van der Waals surface area contributed by atoms with Crippen LogP contribution in [0.3, 0.4) is 0 Å². The van der Waals surface area contributed by atoms with E-state index >= 15 is 0 Å². The maximum absolute atomic E-state index is 11.7. The summed E-state index contributed by atoms with van der Waals surface area (Å²) in [6.45, 7) is 1.99. The predicted octanol–water partition coefficient (Wildman–Crippen LogP) is 1.63. The van der Waals surface area contributed by atoms with Gasteiger partial charge < -0.3 is 15.8 Å². The van der Waals surface area contributed by atoms with Gasteiger partial charge >= 0.3 is 0 Å². The molecule has 1 amide bonds. The first-order chi connectivity index (χ1) is 11.8. The second kappa shape index (κ2) is 8.09. The summed E-state index contributed by atoms with van der Waals surface area (Å²) in [5, 5.41) is 2.76. The maximum Gasteiger partial charge on any atom is 0.224 e. The van der Waals surface area contributed by atoms with Gasteiger partial charge in [0.25, 0.3) is 0 Å². The van der Waals surface area contributed by atoms with Crippen LogP contribution in [0.1, 0.15) is 18.9 Å². The fourth-order valence-electron chi connectivity index (χ4n) is 2.09. The van der Waals surface area contributed by atoms with E-state index in [0.29, 0.717) is 17.2 Å². The highest BCUT2D eigenvalue weighted by Gasteiger charge is 2.12. The number of nitrogens with zero attached hydrogens (tertiary/aromatic N) is 1. The van der Waals surface area contributed by atoms with Crippen molar-refractivity contribution in [3.05, 3.63) is 48.2 Å². The molecule has 2 aromatic rings. The van der Waals surface area contributed by atoms with E-state index < -0.39 is 9.84 Å². The molecule has 0 bridgehead atoms. The number of ether oxygens (including phenoxy) is 1. The zero-order chi connectivity index (χ0) is 18.4. The highest BCUT2D eigenvalue weighted by atomic mass is 32.2. The van der Waals surface area contributed by atoms with Crippen molar-refractivity contribution < 1.29 is 17.9 Å². The number of hydrogen-bond donors (Lipinski definition) is 2. The molecular formula is C17H21N3O4S. The Hall–Kier alpha value is -2.45.